The molecular weight excluding hydrogens is 366 g/mol. The number of hydrogen-bond acceptors (Lipinski definition) is 5. The first-order chi connectivity index (χ1) is 14.1. The van der Waals surface area contributed by atoms with Crippen LogP contribution in [0, 0.1) is 6.92 Å². The molecule has 0 radical (unpaired) electrons. The van der Waals surface area contributed by atoms with E-state index in [1.165, 1.54) is 19.3 Å². The molecule has 0 unspecified atom stereocenters. The summed E-state index contributed by atoms with van der Waals surface area (Å²) in [5.41, 5.74) is 1.37. The number of carbonyl (C=O) groups excluding carboxylic acids is 2. The molecule has 1 aromatic rings. The van der Waals surface area contributed by atoms with E-state index in [-0.39, 0.29) is 17.7 Å². The van der Waals surface area contributed by atoms with Crippen molar-refractivity contribution in [1.82, 2.24) is 24.7 Å². The number of amides is 2. The first-order valence-corrected chi connectivity index (χ1v) is 11.2. The molecule has 3 aliphatic heterocycles. The smallest absolute Gasteiger partial charge is 0.257 e. The van der Waals surface area contributed by atoms with Crippen molar-refractivity contribution in [2.24, 2.45) is 0 Å². The van der Waals surface area contributed by atoms with Gasteiger partial charge in [-0.25, -0.2) is 9.97 Å². The standard InChI is InChI=1S/C22H33N5O2/c1-17-19(22(29)26-11-3-2-4-12-26)14-23-21(24-17)18-8-7-13-27(15-18)20(28)16-25-9-5-6-10-25/h14,18H,2-13,15-16H2,1H3/t18-/m1/s1. The zero-order valence-corrected chi connectivity index (χ0v) is 17.6. The van der Waals surface area contributed by atoms with Gasteiger partial charge in [-0.2, -0.15) is 0 Å². The summed E-state index contributed by atoms with van der Waals surface area (Å²) < 4.78 is 0. The SMILES string of the molecule is Cc1nc([C@@H]2CCCN(C(=O)CN3CCCC3)C2)ncc1C(=O)N1CCCCC1. The maximum Gasteiger partial charge on any atom is 0.257 e. The average Bonchev–Trinajstić information content (AvgIpc) is 3.27. The van der Waals surface area contributed by atoms with Crippen LogP contribution in [0.1, 0.15) is 72.7 Å². The Morgan fingerprint density at radius 3 is 2.38 bits per heavy atom. The second-order valence-electron chi connectivity index (χ2n) is 8.74. The zero-order valence-electron chi connectivity index (χ0n) is 17.6. The van der Waals surface area contributed by atoms with E-state index in [0.717, 1.165) is 69.9 Å². The van der Waals surface area contributed by atoms with E-state index in [0.29, 0.717) is 18.7 Å². The predicted octanol–water partition coefficient (Wildman–Crippen LogP) is 2.21. The number of rotatable bonds is 4. The Morgan fingerprint density at radius 1 is 0.966 bits per heavy atom. The maximum atomic E-state index is 12.8. The molecule has 1 aromatic heterocycles. The number of likely N-dealkylation sites (tertiary alicyclic amines) is 3. The summed E-state index contributed by atoms with van der Waals surface area (Å²) in [5.74, 6) is 1.21. The summed E-state index contributed by atoms with van der Waals surface area (Å²) in [4.78, 5) is 41.0. The second-order valence-corrected chi connectivity index (χ2v) is 8.74. The molecule has 29 heavy (non-hydrogen) atoms. The molecule has 3 saturated heterocycles. The summed E-state index contributed by atoms with van der Waals surface area (Å²) in [6, 6.07) is 0. The van der Waals surface area contributed by atoms with Gasteiger partial charge >= 0.3 is 0 Å². The molecule has 0 spiro atoms. The van der Waals surface area contributed by atoms with Crippen LogP contribution in [0.3, 0.4) is 0 Å². The minimum absolute atomic E-state index is 0.0554. The Hall–Kier alpha value is -2.02. The lowest BCUT2D eigenvalue weighted by Gasteiger charge is -2.33. The normalized spacial score (nSPS) is 23.4. The van der Waals surface area contributed by atoms with E-state index in [9.17, 15) is 9.59 Å². The van der Waals surface area contributed by atoms with Crippen LogP contribution in [0.4, 0.5) is 0 Å². The Labute approximate surface area is 173 Å². The van der Waals surface area contributed by atoms with Gasteiger partial charge in [-0.1, -0.05) is 0 Å². The molecular formula is C22H33N5O2. The van der Waals surface area contributed by atoms with E-state index in [1.807, 2.05) is 16.7 Å². The van der Waals surface area contributed by atoms with Gasteiger partial charge in [-0.05, 0) is 65.0 Å². The number of aryl methyl sites for hydroxylation is 1. The fourth-order valence-corrected chi connectivity index (χ4v) is 4.81. The molecule has 0 aromatic carbocycles. The van der Waals surface area contributed by atoms with Crippen molar-refractivity contribution in [3.8, 4) is 0 Å². The number of piperidine rings is 2. The van der Waals surface area contributed by atoms with Crippen molar-refractivity contribution >= 4 is 11.8 Å². The summed E-state index contributed by atoms with van der Waals surface area (Å²) >= 11 is 0. The van der Waals surface area contributed by atoms with Gasteiger partial charge in [0.15, 0.2) is 0 Å². The van der Waals surface area contributed by atoms with Gasteiger partial charge in [-0.15, -0.1) is 0 Å². The number of aromatic nitrogens is 2. The van der Waals surface area contributed by atoms with Crippen LogP contribution in [0.25, 0.3) is 0 Å². The highest BCUT2D eigenvalue weighted by Crippen LogP contribution is 2.26. The molecule has 2 amide bonds. The van der Waals surface area contributed by atoms with Crippen LogP contribution >= 0.6 is 0 Å². The first kappa shape index (κ1) is 20.3. The van der Waals surface area contributed by atoms with E-state index in [2.05, 4.69) is 9.88 Å². The van der Waals surface area contributed by atoms with Crippen LogP contribution in [-0.2, 0) is 4.79 Å². The van der Waals surface area contributed by atoms with Crippen LogP contribution in [0.5, 0.6) is 0 Å². The molecule has 0 aliphatic carbocycles. The molecule has 7 nitrogen and oxygen atoms in total. The van der Waals surface area contributed by atoms with Gasteiger partial charge in [0, 0.05) is 38.3 Å². The van der Waals surface area contributed by atoms with Crippen molar-refractivity contribution in [2.45, 2.75) is 57.8 Å². The zero-order chi connectivity index (χ0) is 20.2. The van der Waals surface area contributed by atoms with Crippen molar-refractivity contribution in [3.05, 3.63) is 23.3 Å². The van der Waals surface area contributed by atoms with Crippen molar-refractivity contribution in [1.29, 1.82) is 0 Å². The average molecular weight is 400 g/mol. The quantitative estimate of drug-likeness (QED) is 0.776. The molecule has 7 heteroatoms. The number of carbonyl (C=O) groups is 2. The van der Waals surface area contributed by atoms with Crippen molar-refractivity contribution < 1.29 is 9.59 Å². The molecule has 158 valence electrons. The molecule has 0 bridgehead atoms. The fraction of sp³-hybridized carbons (Fsp3) is 0.727. The van der Waals surface area contributed by atoms with Crippen LogP contribution in [-0.4, -0.2) is 82.3 Å². The van der Waals surface area contributed by atoms with Gasteiger partial charge in [0.25, 0.3) is 5.91 Å². The summed E-state index contributed by atoms with van der Waals surface area (Å²) in [6.45, 7) is 7.69. The molecule has 1 atom stereocenters. The monoisotopic (exact) mass is 399 g/mol. The predicted molar refractivity (Wildman–Crippen MR) is 111 cm³/mol. The number of nitrogens with zero attached hydrogens (tertiary/aromatic N) is 5. The molecule has 4 rings (SSSR count). The van der Waals surface area contributed by atoms with E-state index in [1.54, 1.807) is 6.20 Å². The van der Waals surface area contributed by atoms with Crippen molar-refractivity contribution in [3.63, 3.8) is 0 Å². The van der Waals surface area contributed by atoms with Crippen molar-refractivity contribution in [2.75, 3.05) is 45.8 Å². The maximum absolute atomic E-state index is 12.8. The molecule has 0 saturated carbocycles. The Morgan fingerprint density at radius 2 is 1.66 bits per heavy atom. The van der Waals surface area contributed by atoms with Gasteiger partial charge < -0.3 is 9.80 Å². The summed E-state index contributed by atoms with van der Waals surface area (Å²) in [6.07, 6.45) is 9.43. The lowest BCUT2D eigenvalue weighted by molar-refractivity contribution is -0.133. The largest absolute Gasteiger partial charge is 0.341 e. The first-order valence-electron chi connectivity index (χ1n) is 11.2. The third kappa shape index (κ3) is 4.77. The molecule has 3 aliphatic rings. The van der Waals surface area contributed by atoms with Gasteiger partial charge in [0.1, 0.15) is 5.82 Å². The lowest BCUT2D eigenvalue weighted by Crippen LogP contribution is -2.44. The molecule has 0 N–H and O–H groups in total. The van der Waals surface area contributed by atoms with E-state index >= 15 is 0 Å². The topological polar surface area (TPSA) is 69.6 Å². The highest BCUT2D eigenvalue weighted by Gasteiger charge is 2.29. The van der Waals surface area contributed by atoms with Gasteiger partial charge in [0.05, 0.1) is 17.8 Å². The Kier molecular flexibility index (Phi) is 6.43. The highest BCUT2D eigenvalue weighted by molar-refractivity contribution is 5.95. The third-order valence-corrected chi connectivity index (χ3v) is 6.57. The molecule has 3 fully saturated rings. The van der Waals surface area contributed by atoms with Crippen LogP contribution < -0.4 is 0 Å². The minimum atomic E-state index is 0.0554. The lowest BCUT2D eigenvalue weighted by atomic mass is 9.96. The summed E-state index contributed by atoms with van der Waals surface area (Å²) in [5, 5.41) is 0. The van der Waals surface area contributed by atoms with Crippen LogP contribution in [0.15, 0.2) is 6.20 Å². The van der Waals surface area contributed by atoms with Crippen LogP contribution in [0.2, 0.25) is 0 Å². The third-order valence-electron chi connectivity index (χ3n) is 6.57. The number of hydrogen-bond donors (Lipinski definition) is 0. The van der Waals surface area contributed by atoms with E-state index < -0.39 is 0 Å². The second kappa shape index (κ2) is 9.20. The Balaban J connectivity index is 1.40. The fourth-order valence-electron chi connectivity index (χ4n) is 4.81. The van der Waals surface area contributed by atoms with E-state index in [4.69, 9.17) is 4.98 Å². The highest BCUT2D eigenvalue weighted by atomic mass is 16.2. The van der Waals surface area contributed by atoms with Gasteiger partial charge in [-0.3, -0.25) is 14.5 Å². The molecule has 4 heterocycles. The van der Waals surface area contributed by atoms with Gasteiger partial charge in [0.2, 0.25) is 5.91 Å². The Bertz CT molecular complexity index is 741. The summed E-state index contributed by atoms with van der Waals surface area (Å²) in [7, 11) is 0. The minimum Gasteiger partial charge on any atom is -0.341 e.